The summed E-state index contributed by atoms with van der Waals surface area (Å²) in [6, 6.07) is 0. The highest BCUT2D eigenvalue weighted by Gasteiger charge is 2.10. The Balaban J connectivity index is 4.12. The van der Waals surface area contributed by atoms with Crippen molar-refractivity contribution in [2.75, 3.05) is 54.4 Å². The van der Waals surface area contributed by atoms with E-state index >= 15 is 0 Å². The van der Waals surface area contributed by atoms with Crippen LogP contribution in [0.25, 0.3) is 0 Å². The van der Waals surface area contributed by atoms with E-state index in [1.165, 1.54) is 32.1 Å². The van der Waals surface area contributed by atoms with Crippen molar-refractivity contribution in [2.45, 2.75) is 45.4 Å². The lowest BCUT2D eigenvalue weighted by molar-refractivity contribution is -0.126. The Bertz CT molecular complexity index is 289. The van der Waals surface area contributed by atoms with Gasteiger partial charge in [0.25, 0.3) is 0 Å². The third-order valence-corrected chi connectivity index (χ3v) is 3.68. The first-order chi connectivity index (χ1) is 10.5. The zero-order valence-corrected chi connectivity index (χ0v) is 15.5. The van der Waals surface area contributed by atoms with E-state index in [9.17, 15) is 4.79 Å². The fraction of sp³-hybridized carbons (Fsp3) is 0.833. The van der Waals surface area contributed by atoms with E-state index in [2.05, 4.69) is 16.7 Å². The van der Waals surface area contributed by atoms with Gasteiger partial charge in [-0.1, -0.05) is 38.7 Å². The van der Waals surface area contributed by atoms with Crippen LogP contribution in [-0.2, 0) is 4.79 Å². The summed E-state index contributed by atoms with van der Waals surface area (Å²) in [5.74, 6) is 0.150. The van der Waals surface area contributed by atoms with E-state index in [0.717, 1.165) is 32.6 Å². The SMILES string of the molecule is CCCCCCCC=CC(=O)N(CCN(C)C)CCN(C)C. The molecule has 0 aromatic rings. The van der Waals surface area contributed by atoms with Crippen molar-refractivity contribution in [2.24, 2.45) is 0 Å². The van der Waals surface area contributed by atoms with Gasteiger partial charge in [-0.25, -0.2) is 0 Å². The minimum Gasteiger partial charge on any atom is -0.337 e. The summed E-state index contributed by atoms with van der Waals surface area (Å²) < 4.78 is 0. The first-order valence-corrected chi connectivity index (χ1v) is 8.72. The van der Waals surface area contributed by atoms with Crippen molar-refractivity contribution in [3.63, 3.8) is 0 Å². The predicted octanol–water partition coefficient (Wildman–Crippen LogP) is 2.85. The molecular formula is C18H37N3O. The lowest BCUT2D eigenvalue weighted by Gasteiger charge is -2.24. The third kappa shape index (κ3) is 12.8. The molecule has 0 aliphatic rings. The zero-order valence-electron chi connectivity index (χ0n) is 15.5. The number of nitrogens with zero attached hydrogens (tertiary/aromatic N) is 3. The molecule has 0 atom stereocenters. The molecule has 0 N–H and O–H groups in total. The summed E-state index contributed by atoms with van der Waals surface area (Å²) in [6.07, 6.45) is 11.2. The smallest absolute Gasteiger partial charge is 0.246 e. The molecule has 0 bridgehead atoms. The summed E-state index contributed by atoms with van der Waals surface area (Å²) in [5, 5.41) is 0. The largest absolute Gasteiger partial charge is 0.337 e. The van der Waals surface area contributed by atoms with E-state index in [1.807, 2.05) is 39.2 Å². The van der Waals surface area contributed by atoms with E-state index in [-0.39, 0.29) is 5.91 Å². The Morgan fingerprint density at radius 2 is 1.36 bits per heavy atom. The van der Waals surface area contributed by atoms with Crippen LogP contribution in [0.3, 0.4) is 0 Å². The number of hydrogen-bond donors (Lipinski definition) is 0. The van der Waals surface area contributed by atoms with Gasteiger partial charge >= 0.3 is 0 Å². The Hall–Kier alpha value is -0.870. The number of hydrogen-bond acceptors (Lipinski definition) is 3. The van der Waals surface area contributed by atoms with Gasteiger partial charge in [0.2, 0.25) is 5.91 Å². The average molecular weight is 312 g/mol. The molecule has 4 heteroatoms. The number of likely N-dealkylation sites (N-methyl/N-ethyl adjacent to an activating group) is 2. The Labute approximate surface area is 138 Å². The molecule has 0 aromatic heterocycles. The molecule has 1 amide bonds. The standard InChI is InChI=1S/C18H37N3O/c1-6-7-8-9-10-11-12-13-18(22)21(16-14-19(2)3)17-15-20(4)5/h12-13H,6-11,14-17H2,1-5H3. The molecule has 0 rings (SSSR count). The molecule has 0 saturated heterocycles. The molecular weight excluding hydrogens is 274 g/mol. The number of rotatable bonds is 13. The quantitative estimate of drug-likeness (QED) is 0.386. The predicted molar refractivity (Wildman–Crippen MR) is 96.2 cm³/mol. The number of carbonyl (C=O) groups is 1. The first-order valence-electron chi connectivity index (χ1n) is 8.72. The van der Waals surface area contributed by atoms with Gasteiger partial charge in [-0.2, -0.15) is 0 Å². The zero-order chi connectivity index (χ0) is 16.8. The summed E-state index contributed by atoms with van der Waals surface area (Å²) in [4.78, 5) is 18.5. The lowest BCUT2D eigenvalue weighted by Crippen LogP contribution is -2.39. The van der Waals surface area contributed by atoms with Gasteiger partial charge in [0.15, 0.2) is 0 Å². The summed E-state index contributed by atoms with van der Waals surface area (Å²) in [5.41, 5.74) is 0. The van der Waals surface area contributed by atoms with Crippen molar-refractivity contribution in [3.8, 4) is 0 Å². The molecule has 0 aliphatic carbocycles. The van der Waals surface area contributed by atoms with Crippen molar-refractivity contribution in [1.82, 2.24) is 14.7 Å². The van der Waals surface area contributed by atoms with E-state index < -0.39 is 0 Å². The van der Waals surface area contributed by atoms with Gasteiger partial charge in [-0.15, -0.1) is 0 Å². The average Bonchev–Trinajstić information content (AvgIpc) is 2.45. The van der Waals surface area contributed by atoms with Crippen LogP contribution in [0, 0.1) is 0 Å². The van der Waals surface area contributed by atoms with Crippen molar-refractivity contribution in [3.05, 3.63) is 12.2 Å². The Kier molecular flexibility index (Phi) is 13.2. The van der Waals surface area contributed by atoms with Gasteiger partial charge in [0, 0.05) is 26.2 Å². The molecule has 0 saturated carbocycles. The van der Waals surface area contributed by atoms with E-state index in [1.54, 1.807) is 6.08 Å². The monoisotopic (exact) mass is 311 g/mol. The first kappa shape index (κ1) is 21.1. The van der Waals surface area contributed by atoms with Gasteiger partial charge in [-0.3, -0.25) is 4.79 Å². The van der Waals surface area contributed by atoms with Gasteiger partial charge in [-0.05, 0) is 47.1 Å². The highest BCUT2D eigenvalue weighted by molar-refractivity contribution is 5.87. The van der Waals surface area contributed by atoms with E-state index in [4.69, 9.17) is 0 Å². The van der Waals surface area contributed by atoms with Crippen molar-refractivity contribution >= 4 is 5.91 Å². The fourth-order valence-corrected chi connectivity index (χ4v) is 2.13. The van der Waals surface area contributed by atoms with E-state index in [0.29, 0.717) is 0 Å². The van der Waals surface area contributed by atoms with Crippen molar-refractivity contribution < 1.29 is 4.79 Å². The van der Waals surface area contributed by atoms with Crippen molar-refractivity contribution in [1.29, 1.82) is 0 Å². The summed E-state index contributed by atoms with van der Waals surface area (Å²) in [6.45, 7) is 5.63. The summed E-state index contributed by atoms with van der Waals surface area (Å²) in [7, 11) is 8.17. The summed E-state index contributed by atoms with van der Waals surface area (Å²) >= 11 is 0. The second-order valence-corrected chi connectivity index (χ2v) is 6.54. The molecule has 130 valence electrons. The molecule has 4 nitrogen and oxygen atoms in total. The van der Waals surface area contributed by atoms with Crippen LogP contribution in [0.1, 0.15) is 45.4 Å². The highest BCUT2D eigenvalue weighted by atomic mass is 16.2. The maximum atomic E-state index is 12.3. The molecule has 0 unspecified atom stereocenters. The maximum absolute atomic E-state index is 12.3. The van der Waals surface area contributed by atoms with Gasteiger partial charge in [0.05, 0.1) is 0 Å². The number of amides is 1. The normalized spacial score (nSPS) is 11.8. The topological polar surface area (TPSA) is 26.8 Å². The molecule has 0 heterocycles. The Morgan fingerprint density at radius 1 is 0.818 bits per heavy atom. The second-order valence-electron chi connectivity index (χ2n) is 6.54. The molecule has 0 aromatic carbocycles. The number of unbranched alkanes of at least 4 members (excludes halogenated alkanes) is 5. The number of carbonyl (C=O) groups excluding carboxylic acids is 1. The minimum atomic E-state index is 0.150. The lowest BCUT2D eigenvalue weighted by atomic mass is 10.1. The van der Waals surface area contributed by atoms with Gasteiger partial charge < -0.3 is 14.7 Å². The van der Waals surface area contributed by atoms with Crippen LogP contribution < -0.4 is 0 Å². The van der Waals surface area contributed by atoms with Crippen LogP contribution in [0.5, 0.6) is 0 Å². The maximum Gasteiger partial charge on any atom is 0.246 e. The van der Waals surface area contributed by atoms with Crippen LogP contribution >= 0.6 is 0 Å². The highest BCUT2D eigenvalue weighted by Crippen LogP contribution is 2.05. The fourth-order valence-electron chi connectivity index (χ4n) is 2.13. The van der Waals surface area contributed by atoms with Crippen LogP contribution in [0.4, 0.5) is 0 Å². The molecule has 22 heavy (non-hydrogen) atoms. The van der Waals surface area contributed by atoms with Crippen LogP contribution in [0.2, 0.25) is 0 Å². The van der Waals surface area contributed by atoms with Crippen LogP contribution in [-0.4, -0.2) is 75.0 Å². The third-order valence-electron chi connectivity index (χ3n) is 3.68. The molecule has 0 spiro atoms. The minimum absolute atomic E-state index is 0.150. The molecule has 0 fully saturated rings. The Morgan fingerprint density at radius 3 is 1.86 bits per heavy atom. The number of allylic oxidation sites excluding steroid dienone is 1. The van der Waals surface area contributed by atoms with Gasteiger partial charge in [0.1, 0.15) is 0 Å². The molecule has 0 radical (unpaired) electrons. The van der Waals surface area contributed by atoms with Crippen LogP contribution in [0.15, 0.2) is 12.2 Å². The second kappa shape index (κ2) is 13.8. The molecule has 0 aliphatic heterocycles.